The Kier molecular flexibility index (Phi) is 4.24. The predicted molar refractivity (Wildman–Crippen MR) is 84.3 cm³/mol. The van der Waals surface area contributed by atoms with Crippen LogP contribution in [0.4, 0.5) is 10.1 Å². The van der Waals surface area contributed by atoms with Gasteiger partial charge in [-0.15, -0.1) is 0 Å². The SMILES string of the molecule is CN(c1ccccc1F)S(=O)(=O)c1ccccc1C(N)=S. The second-order valence-corrected chi connectivity index (χ2v) is 6.66. The zero-order valence-electron chi connectivity index (χ0n) is 11.2. The summed E-state index contributed by atoms with van der Waals surface area (Å²) in [6, 6.07) is 11.7. The van der Waals surface area contributed by atoms with E-state index in [4.69, 9.17) is 18.0 Å². The van der Waals surface area contributed by atoms with Gasteiger partial charge in [-0.05, 0) is 18.2 Å². The predicted octanol–water partition coefficient (Wildman–Crippen LogP) is 2.29. The van der Waals surface area contributed by atoms with Crippen molar-refractivity contribution < 1.29 is 12.8 Å². The van der Waals surface area contributed by atoms with E-state index in [0.717, 1.165) is 4.31 Å². The molecule has 7 heteroatoms. The van der Waals surface area contributed by atoms with E-state index in [2.05, 4.69) is 0 Å². The maximum atomic E-state index is 13.8. The first kappa shape index (κ1) is 15.4. The van der Waals surface area contributed by atoms with E-state index in [0.29, 0.717) is 0 Å². The zero-order chi connectivity index (χ0) is 15.6. The highest BCUT2D eigenvalue weighted by Crippen LogP contribution is 2.26. The Morgan fingerprint density at radius 3 is 2.33 bits per heavy atom. The van der Waals surface area contributed by atoms with Crippen molar-refractivity contribution >= 4 is 32.9 Å². The van der Waals surface area contributed by atoms with Crippen LogP contribution in [-0.4, -0.2) is 20.5 Å². The molecule has 0 bridgehead atoms. The maximum absolute atomic E-state index is 13.8. The summed E-state index contributed by atoms with van der Waals surface area (Å²) >= 11 is 4.87. The van der Waals surface area contributed by atoms with Crippen LogP contribution in [0.2, 0.25) is 0 Å². The molecule has 0 saturated carbocycles. The molecule has 0 heterocycles. The van der Waals surface area contributed by atoms with Crippen LogP contribution in [0, 0.1) is 5.82 Å². The van der Waals surface area contributed by atoms with Crippen LogP contribution in [0.25, 0.3) is 0 Å². The van der Waals surface area contributed by atoms with Gasteiger partial charge in [0.15, 0.2) is 0 Å². The highest BCUT2D eigenvalue weighted by atomic mass is 32.2. The number of nitrogens with zero attached hydrogens (tertiary/aromatic N) is 1. The third kappa shape index (κ3) is 2.88. The number of sulfonamides is 1. The van der Waals surface area contributed by atoms with Crippen LogP contribution in [-0.2, 0) is 10.0 Å². The lowest BCUT2D eigenvalue weighted by atomic mass is 10.2. The molecule has 0 amide bonds. The summed E-state index contributed by atoms with van der Waals surface area (Å²) < 4.78 is 40.0. The fourth-order valence-electron chi connectivity index (χ4n) is 1.88. The summed E-state index contributed by atoms with van der Waals surface area (Å²) in [5.41, 5.74) is 5.74. The lowest BCUT2D eigenvalue weighted by Gasteiger charge is -2.21. The number of hydrogen-bond donors (Lipinski definition) is 1. The van der Waals surface area contributed by atoms with E-state index in [1.54, 1.807) is 18.2 Å². The van der Waals surface area contributed by atoms with Crippen molar-refractivity contribution in [2.24, 2.45) is 5.73 Å². The number of hydrogen-bond acceptors (Lipinski definition) is 3. The molecule has 0 aliphatic rings. The average molecular weight is 324 g/mol. The number of benzene rings is 2. The number of halogens is 1. The third-order valence-electron chi connectivity index (χ3n) is 2.98. The van der Waals surface area contributed by atoms with Gasteiger partial charge in [-0.3, -0.25) is 4.31 Å². The summed E-state index contributed by atoms with van der Waals surface area (Å²) in [6.07, 6.45) is 0. The van der Waals surface area contributed by atoms with Crippen molar-refractivity contribution in [2.75, 3.05) is 11.4 Å². The lowest BCUT2D eigenvalue weighted by Crippen LogP contribution is -2.29. The second kappa shape index (κ2) is 5.79. The van der Waals surface area contributed by atoms with Crippen molar-refractivity contribution in [3.63, 3.8) is 0 Å². The van der Waals surface area contributed by atoms with Gasteiger partial charge < -0.3 is 5.73 Å². The average Bonchev–Trinajstić information content (AvgIpc) is 2.47. The standard InChI is InChI=1S/C14H13FN2O2S2/c1-17(12-8-4-3-7-11(12)15)21(18,19)13-9-5-2-6-10(13)14(16)20/h2-9H,1H3,(H2,16,20). The lowest BCUT2D eigenvalue weighted by molar-refractivity contribution is 0.589. The van der Waals surface area contributed by atoms with Crippen molar-refractivity contribution in [2.45, 2.75) is 4.90 Å². The van der Waals surface area contributed by atoms with Crippen LogP contribution in [0.1, 0.15) is 5.56 Å². The molecular formula is C14H13FN2O2S2. The minimum atomic E-state index is -3.96. The summed E-state index contributed by atoms with van der Waals surface area (Å²) in [6.45, 7) is 0. The van der Waals surface area contributed by atoms with Gasteiger partial charge in [-0.25, -0.2) is 12.8 Å². The van der Waals surface area contributed by atoms with Crippen molar-refractivity contribution in [1.82, 2.24) is 0 Å². The molecular weight excluding hydrogens is 311 g/mol. The largest absolute Gasteiger partial charge is 0.389 e. The Hall–Kier alpha value is -1.99. The Labute approximate surface area is 128 Å². The number of para-hydroxylation sites is 1. The first-order valence-electron chi connectivity index (χ1n) is 5.98. The Balaban J connectivity index is 2.58. The van der Waals surface area contributed by atoms with E-state index < -0.39 is 15.8 Å². The van der Waals surface area contributed by atoms with Gasteiger partial charge in [0, 0.05) is 12.6 Å². The number of thiocarbonyl (C=S) groups is 1. The molecule has 0 fully saturated rings. The van der Waals surface area contributed by atoms with Gasteiger partial charge in [0.1, 0.15) is 10.8 Å². The molecule has 0 aliphatic carbocycles. The van der Waals surface area contributed by atoms with E-state index in [9.17, 15) is 12.8 Å². The minimum absolute atomic E-state index is 0.0314. The van der Waals surface area contributed by atoms with Crippen molar-refractivity contribution in [3.8, 4) is 0 Å². The highest BCUT2D eigenvalue weighted by molar-refractivity contribution is 7.93. The molecule has 0 aliphatic heterocycles. The van der Waals surface area contributed by atoms with E-state index in [1.165, 1.54) is 37.4 Å². The van der Waals surface area contributed by atoms with Gasteiger partial charge in [-0.2, -0.15) is 0 Å². The molecule has 0 radical (unpaired) electrons. The van der Waals surface area contributed by atoms with Crippen LogP contribution in [0.5, 0.6) is 0 Å². The van der Waals surface area contributed by atoms with Gasteiger partial charge in [0.05, 0.1) is 10.6 Å². The molecule has 2 N–H and O–H groups in total. The Morgan fingerprint density at radius 2 is 1.71 bits per heavy atom. The van der Waals surface area contributed by atoms with Gasteiger partial charge in [0.2, 0.25) is 0 Å². The molecule has 2 rings (SSSR count). The molecule has 21 heavy (non-hydrogen) atoms. The summed E-state index contributed by atoms with van der Waals surface area (Å²) in [7, 11) is -2.68. The van der Waals surface area contributed by atoms with Gasteiger partial charge in [0.25, 0.3) is 10.0 Å². The summed E-state index contributed by atoms with van der Waals surface area (Å²) in [4.78, 5) is -0.0839. The molecule has 2 aromatic rings. The molecule has 2 aromatic carbocycles. The minimum Gasteiger partial charge on any atom is -0.389 e. The number of anilines is 1. The molecule has 0 unspecified atom stereocenters. The van der Waals surface area contributed by atoms with Gasteiger partial charge >= 0.3 is 0 Å². The van der Waals surface area contributed by atoms with Crippen LogP contribution >= 0.6 is 12.2 Å². The van der Waals surface area contributed by atoms with Gasteiger partial charge in [-0.1, -0.05) is 42.5 Å². The van der Waals surface area contributed by atoms with Crippen LogP contribution in [0.15, 0.2) is 53.4 Å². The molecule has 0 spiro atoms. The molecule has 4 nitrogen and oxygen atoms in total. The van der Waals surface area contributed by atoms with Crippen molar-refractivity contribution in [1.29, 1.82) is 0 Å². The molecule has 0 atom stereocenters. The first-order chi connectivity index (χ1) is 9.85. The highest BCUT2D eigenvalue weighted by Gasteiger charge is 2.26. The van der Waals surface area contributed by atoms with Crippen LogP contribution < -0.4 is 10.0 Å². The summed E-state index contributed by atoms with van der Waals surface area (Å²) in [5.74, 6) is -0.628. The van der Waals surface area contributed by atoms with Crippen molar-refractivity contribution in [3.05, 3.63) is 59.9 Å². The summed E-state index contributed by atoms with van der Waals surface area (Å²) in [5, 5.41) is 0. The Morgan fingerprint density at radius 1 is 1.14 bits per heavy atom. The Bertz CT molecular complexity index is 791. The topological polar surface area (TPSA) is 63.4 Å². The van der Waals surface area contributed by atoms with E-state index in [1.807, 2.05) is 0 Å². The third-order valence-corrected chi connectivity index (χ3v) is 5.03. The fraction of sp³-hybridized carbons (Fsp3) is 0.0714. The zero-order valence-corrected chi connectivity index (χ0v) is 12.8. The van der Waals surface area contributed by atoms with E-state index in [-0.39, 0.29) is 21.1 Å². The molecule has 110 valence electrons. The molecule has 0 saturated heterocycles. The number of nitrogens with two attached hydrogens (primary N) is 1. The quantitative estimate of drug-likeness (QED) is 0.877. The first-order valence-corrected chi connectivity index (χ1v) is 7.83. The second-order valence-electron chi connectivity index (χ2n) is 4.28. The fourth-order valence-corrected chi connectivity index (χ4v) is 3.53. The smallest absolute Gasteiger partial charge is 0.264 e. The van der Waals surface area contributed by atoms with Crippen LogP contribution in [0.3, 0.4) is 0 Å². The van der Waals surface area contributed by atoms with E-state index >= 15 is 0 Å². The molecule has 0 aromatic heterocycles. The monoisotopic (exact) mass is 324 g/mol. The maximum Gasteiger partial charge on any atom is 0.264 e. The normalized spacial score (nSPS) is 11.1. The number of rotatable bonds is 4.